The molecule has 4 rings (SSSR count). The summed E-state index contributed by atoms with van der Waals surface area (Å²) in [5.41, 5.74) is 1.61. The van der Waals surface area contributed by atoms with Crippen LogP contribution in [0.2, 0.25) is 5.02 Å². The van der Waals surface area contributed by atoms with Gasteiger partial charge in [-0.2, -0.15) is 18.3 Å². The summed E-state index contributed by atoms with van der Waals surface area (Å²) in [5.74, 6) is 0.197. The van der Waals surface area contributed by atoms with Gasteiger partial charge in [-0.3, -0.25) is 9.10 Å². The SMILES string of the molecule is CC(=NNC(=O)CN(c1ccc(Cl)c(C(F)(F)F)c1)S(=O)(=O)c1ccccc1)c1ccc2c(c1)OCCO2. The molecule has 3 aromatic carbocycles. The number of hydrogen-bond acceptors (Lipinski definition) is 6. The zero-order valence-corrected chi connectivity index (χ0v) is 21.4. The van der Waals surface area contributed by atoms with Gasteiger partial charge in [-0.15, -0.1) is 0 Å². The van der Waals surface area contributed by atoms with Gasteiger partial charge in [0.15, 0.2) is 11.5 Å². The highest BCUT2D eigenvalue weighted by Gasteiger charge is 2.35. The molecule has 1 aliphatic heterocycles. The van der Waals surface area contributed by atoms with Crippen molar-refractivity contribution < 1.29 is 35.9 Å². The Hall–Kier alpha value is -3.77. The summed E-state index contributed by atoms with van der Waals surface area (Å²) in [6.45, 7) is 1.57. The topological polar surface area (TPSA) is 97.3 Å². The van der Waals surface area contributed by atoms with Crippen LogP contribution in [0.5, 0.6) is 11.5 Å². The van der Waals surface area contributed by atoms with E-state index in [9.17, 15) is 26.4 Å². The molecule has 1 N–H and O–H groups in total. The summed E-state index contributed by atoms with van der Waals surface area (Å²) < 4.78 is 78.8. The number of halogens is 4. The Morgan fingerprint density at radius 2 is 1.71 bits per heavy atom. The maximum absolute atomic E-state index is 13.5. The van der Waals surface area contributed by atoms with E-state index < -0.39 is 44.9 Å². The Bertz CT molecular complexity index is 1480. The maximum atomic E-state index is 13.5. The lowest BCUT2D eigenvalue weighted by atomic mass is 10.1. The Morgan fingerprint density at radius 1 is 1.03 bits per heavy atom. The average molecular weight is 568 g/mol. The van der Waals surface area contributed by atoms with Crippen molar-refractivity contribution in [3.8, 4) is 11.5 Å². The first kappa shape index (κ1) is 27.3. The van der Waals surface area contributed by atoms with Crippen LogP contribution in [0.3, 0.4) is 0 Å². The molecule has 0 saturated heterocycles. The highest BCUT2D eigenvalue weighted by atomic mass is 35.5. The fourth-order valence-electron chi connectivity index (χ4n) is 3.57. The van der Waals surface area contributed by atoms with Crippen LogP contribution in [-0.4, -0.2) is 39.8 Å². The molecule has 200 valence electrons. The minimum absolute atomic E-state index is 0.215. The van der Waals surface area contributed by atoms with Crippen LogP contribution in [-0.2, 0) is 21.0 Å². The quantitative estimate of drug-likeness (QED) is 0.325. The predicted molar refractivity (Wildman–Crippen MR) is 135 cm³/mol. The van der Waals surface area contributed by atoms with Gasteiger partial charge >= 0.3 is 6.18 Å². The van der Waals surface area contributed by atoms with Crippen LogP contribution in [0, 0.1) is 0 Å². The molecule has 1 aliphatic rings. The Labute approximate surface area is 221 Å². The first-order chi connectivity index (χ1) is 18.0. The average Bonchev–Trinajstić information content (AvgIpc) is 2.90. The lowest BCUT2D eigenvalue weighted by Crippen LogP contribution is -2.40. The standard InChI is InChI=1S/C25H21ClF3N3O5S/c1-16(17-7-10-22-23(13-17)37-12-11-36-22)30-31-24(33)15-32(38(34,35)19-5-3-2-4-6-19)18-8-9-21(26)20(14-18)25(27,28)29/h2-10,13-14H,11-12,15H2,1H3,(H,31,33). The zero-order chi connectivity index (χ0) is 27.5. The van der Waals surface area contributed by atoms with Gasteiger partial charge in [0.05, 0.1) is 26.9 Å². The number of fused-ring (bicyclic) bond motifs is 1. The van der Waals surface area contributed by atoms with Crippen LogP contribution >= 0.6 is 11.6 Å². The van der Waals surface area contributed by atoms with Gasteiger partial charge in [-0.25, -0.2) is 13.8 Å². The van der Waals surface area contributed by atoms with Gasteiger partial charge in [0, 0.05) is 5.56 Å². The number of carbonyl (C=O) groups is 1. The number of ether oxygens (including phenoxy) is 2. The van der Waals surface area contributed by atoms with E-state index in [1.54, 1.807) is 31.2 Å². The minimum atomic E-state index is -4.84. The summed E-state index contributed by atoms with van der Waals surface area (Å²) >= 11 is 5.71. The molecular formula is C25H21ClF3N3O5S. The van der Waals surface area contributed by atoms with E-state index in [0.717, 1.165) is 12.1 Å². The van der Waals surface area contributed by atoms with E-state index in [0.29, 0.717) is 46.4 Å². The summed E-state index contributed by atoms with van der Waals surface area (Å²) in [6, 6.07) is 14.7. The number of nitrogens with zero attached hydrogens (tertiary/aromatic N) is 2. The molecule has 1 amide bonds. The highest BCUT2D eigenvalue weighted by Crippen LogP contribution is 2.38. The number of anilines is 1. The largest absolute Gasteiger partial charge is 0.486 e. The lowest BCUT2D eigenvalue weighted by Gasteiger charge is -2.25. The van der Waals surface area contributed by atoms with Gasteiger partial charge in [-0.05, 0) is 55.5 Å². The van der Waals surface area contributed by atoms with Crippen LogP contribution in [0.15, 0.2) is 76.7 Å². The number of hydrazone groups is 1. The smallest absolute Gasteiger partial charge is 0.417 e. The van der Waals surface area contributed by atoms with Crippen molar-refractivity contribution in [2.75, 3.05) is 24.1 Å². The number of nitrogens with one attached hydrogen (secondary N) is 1. The number of sulfonamides is 1. The molecule has 0 bridgehead atoms. The molecule has 0 aromatic heterocycles. The Kier molecular flexibility index (Phi) is 7.83. The number of alkyl halides is 3. The van der Waals surface area contributed by atoms with Gasteiger partial charge in [0.2, 0.25) is 0 Å². The van der Waals surface area contributed by atoms with E-state index in [2.05, 4.69) is 10.5 Å². The van der Waals surface area contributed by atoms with Crippen LogP contribution in [0.4, 0.5) is 18.9 Å². The number of benzene rings is 3. The number of amides is 1. The maximum Gasteiger partial charge on any atom is 0.417 e. The normalized spacial score (nSPS) is 13.7. The summed E-state index contributed by atoms with van der Waals surface area (Å²) in [5, 5.41) is 3.40. The molecule has 1 heterocycles. The van der Waals surface area contributed by atoms with E-state index in [4.69, 9.17) is 21.1 Å². The Balaban J connectivity index is 1.62. The third kappa shape index (κ3) is 6.03. The monoisotopic (exact) mass is 567 g/mol. The molecule has 3 aromatic rings. The fourth-order valence-corrected chi connectivity index (χ4v) is 5.22. The molecule has 0 saturated carbocycles. The van der Waals surface area contributed by atoms with Gasteiger partial charge in [-0.1, -0.05) is 29.8 Å². The van der Waals surface area contributed by atoms with Crippen molar-refractivity contribution in [1.29, 1.82) is 0 Å². The van der Waals surface area contributed by atoms with Crippen LogP contribution in [0.1, 0.15) is 18.1 Å². The summed E-state index contributed by atoms with van der Waals surface area (Å²) in [6.07, 6.45) is -4.84. The van der Waals surface area contributed by atoms with Crippen LogP contribution in [0.25, 0.3) is 0 Å². The predicted octanol–water partition coefficient (Wildman–Crippen LogP) is 4.87. The summed E-state index contributed by atoms with van der Waals surface area (Å²) in [7, 11) is -4.44. The molecule has 38 heavy (non-hydrogen) atoms. The molecule has 0 aliphatic carbocycles. The van der Waals surface area contributed by atoms with Crippen molar-refractivity contribution in [1.82, 2.24) is 5.43 Å². The molecule has 13 heteroatoms. The van der Waals surface area contributed by atoms with E-state index in [1.165, 1.54) is 24.3 Å². The first-order valence-electron chi connectivity index (χ1n) is 11.1. The Morgan fingerprint density at radius 3 is 2.39 bits per heavy atom. The third-order valence-electron chi connectivity index (χ3n) is 5.47. The van der Waals surface area contributed by atoms with Crippen molar-refractivity contribution >= 4 is 38.9 Å². The van der Waals surface area contributed by atoms with Crippen LogP contribution < -0.4 is 19.2 Å². The highest BCUT2D eigenvalue weighted by molar-refractivity contribution is 7.92. The second kappa shape index (κ2) is 10.9. The second-order valence-corrected chi connectivity index (χ2v) is 10.3. The van der Waals surface area contributed by atoms with E-state index in [1.807, 2.05) is 0 Å². The number of carbonyl (C=O) groups excluding carboxylic acids is 1. The van der Waals surface area contributed by atoms with Crippen molar-refractivity contribution in [2.24, 2.45) is 5.10 Å². The second-order valence-electron chi connectivity index (χ2n) is 8.08. The zero-order valence-electron chi connectivity index (χ0n) is 19.8. The summed E-state index contributed by atoms with van der Waals surface area (Å²) in [4.78, 5) is 12.6. The van der Waals surface area contributed by atoms with Crippen molar-refractivity contribution in [3.05, 3.63) is 82.9 Å². The lowest BCUT2D eigenvalue weighted by molar-refractivity contribution is -0.137. The minimum Gasteiger partial charge on any atom is -0.486 e. The third-order valence-corrected chi connectivity index (χ3v) is 7.59. The fraction of sp³-hybridized carbons (Fsp3) is 0.200. The number of rotatable bonds is 7. The van der Waals surface area contributed by atoms with E-state index >= 15 is 0 Å². The van der Waals surface area contributed by atoms with Gasteiger partial charge < -0.3 is 9.47 Å². The molecule has 0 atom stereocenters. The van der Waals surface area contributed by atoms with E-state index in [-0.39, 0.29) is 4.90 Å². The molecular weight excluding hydrogens is 547 g/mol. The van der Waals surface area contributed by atoms with Gasteiger partial charge in [0.1, 0.15) is 19.8 Å². The molecule has 8 nitrogen and oxygen atoms in total. The van der Waals surface area contributed by atoms with Crippen molar-refractivity contribution in [2.45, 2.75) is 18.0 Å². The molecule has 0 radical (unpaired) electrons. The first-order valence-corrected chi connectivity index (χ1v) is 13.0. The number of hydrogen-bond donors (Lipinski definition) is 1. The van der Waals surface area contributed by atoms with Gasteiger partial charge in [0.25, 0.3) is 15.9 Å². The molecule has 0 spiro atoms. The van der Waals surface area contributed by atoms with Crippen molar-refractivity contribution in [3.63, 3.8) is 0 Å². The molecule has 0 fully saturated rings. The molecule has 0 unspecified atom stereocenters.